The number of rotatable bonds is 6. The normalized spacial score (nSPS) is 16.2. The van der Waals surface area contributed by atoms with Gasteiger partial charge in [-0.15, -0.1) is 0 Å². The number of hydrogen-bond acceptors (Lipinski definition) is 3. The topological polar surface area (TPSA) is 50.2 Å². The van der Waals surface area contributed by atoms with Crippen LogP contribution in [0.25, 0.3) is 11.3 Å². The lowest BCUT2D eigenvalue weighted by Crippen LogP contribution is -2.42. The van der Waals surface area contributed by atoms with Crippen molar-refractivity contribution in [1.29, 1.82) is 0 Å². The molecule has 1 aliphatic heterocycles. The molecule has 0 spiro atoms. The molecule has 1 N–H and O–H groups in total. The van der Waals surface area contributed by atoms with Gasteiger partial charge in [0.25, 0.3) is 0 Å². The first-order valence-corrected chi connectivity index (χ1v) is 9.07. The quantitative estimate of drug-likeness (QED) is 0.866. The Bertz CT molecular complexity index is 781. The van der Waals surface area contributed by atoms with Crippen LogP contribution in [0.5, 0.6) is 0 Å². The van der Waals surface area contributed by atoms with Crippen LogP contribution in [0.1, 0.15) is 32.3 Å². The molecule has 1 aromatic carbocycles. The molecule has 0 bridgehead atoms. The van der Waals surface area contributed by atoms with Gasteiger partial charge in [-0.2, -0.15) is 5.10 Å². The molecule has 138 valence electrons. The molecule has 0 fully saturated rings. The number of carbonyl (C=O) groups is 1. The van der Waals surface area contributed by atoms with Crippen LogP contribution in [0.4, 0.5) is 4.39 Å². The van der Waals surface area contributed by atoms with Crippen LogP contribution < -0.4 is 5.32 Å². The number of benzene rings is 1. The van der Waals surface area contributed by atoms with Gasteiger partial charge in [0.15, 0.2) is 0 Å². The lowest BCUT2D eigenvalue weighted by atomic mass is 10.0. The molecule has 1 amide bonds. The van der Waals surface area contributed by atoms with E-state index >= 15 is 0 Å². The summed E-state index contributed by atoms with van der Waals surface area (Å²) in [5.41, 5.74) is 3.13. The lowest BCUT2D eigenvalue weighted by molar-refractivity contribution is -0.122. The summed E-state index contributed by atoms with van der Waals surface area (Å²) in [5.74, 6) is -0.172. The van der Waals surface area contributed by atoms with E-state index in [1.54, 1.807) is 16.8 Å². The fourth-order valence-corrected chi connectivity index (χ4v) is 2.97. The van der Waals surface area contributed by atoms with Crippen LogP contribution in [-0.4, -0.2) is 46.3 Å². The minimum atomic E-state index is -0.256. The number of amides is 1. The highest BCUT2D eigenvalue weighted by atomic mass is 19.1. The molecular formula is C20H25FN4O. The zero-order valence-electron chi connectivity index (χ0n) is 15.3. The van der Waals surface area contributed by atoms with E-state index in [1.807, 2.05) is 19.3 Å². The molecule has 1 atom stereocenters. The van der Waals surface area contributed by atoms with Crippen molar-refractivity contribution < 1.29 is 9.18 Å². The molecule has 2 heterocycles. The molecule has 5 nitrogen and oxygen atoms in total. The number of halogens is 1. The number of aromatic nitrogens is 2. The maximum Gasteiger partial charge on any atom is 0.234 e. The van der Waals surface area contributed by atoms with Crippen molar-refractivity contribution in [3.63, 3.8) is 0 Å². The van der Waals surface area contributed by atoms with E-state index < -0.39 is 0 Å². The average Bonchev–Trinajstić information content (AvgIpc) is 3.13. The highest BCUT2D eigenvalue weighted by molar-refractivity contribution is 5.78. The molecule has 0 unspecified atom stereocenters. The largest absolute Gasteiger partial charge is 0.353 e. The summed E-state index contributed by atoms with van der Waals surface area (Å²) in [6.45, 7) is 6.12. The van der Waals surface area contributed by atoms with Crippen LogP contribution in [0.2, 0.25) is 0 Å². The lowest BCUT2D eigenvalue weighted by Gasteiger charge is -2.26. The second-order valence-corrected chi connectivity index (χ2v) is 6.74. The summed E-state index contributed by atoms with van der Waals surface area (Å²) < 4.78 is 14.8. The predicted octanol–water partition coefficient (Wildman–Crippen LogP) is 3.02. The van der Waals surface area contributed by atoms with Crippen molar-refractivity contribution in [3.8, 4) is 5.69 Å². The molecule has 6 heteroatoms. The first-order valence-electron chi connectivity index (χ1n) is 9.07. The van der Waals surface area contributed by atoms with Gasteiger partial charge in [0.2, 0.25) is 5.91 Å². The van der Waals surface area contributed by atoms with Crippen LogP contribution >= 0.6 is 0 Å². The Morgan fingerprint density at radius 1 is 1.35 bits per heavy atom. The van der Waals surface area contributed by atoms with Gasteiger partial charge in [0, 0.05) is 30.9 Å². The second kappa shape index (κ2) is 8.27. The molecule has 1 aromatic heterocycles. The number of carbonyl (C=O) groups excluding carboxylic acids is 1. The Labute approximate surface area is 153 Å². The van der Waals surface area contributed by atoms with Crippen LogP contribution in [0.3, 0.4) is 0 Å². The standard InChI is InChI=1S/C20H25FN4O/c1-3-15(2)23-20(26)14-24-10-8-16(9-11-24)17-12-22-25(13-17)19-6-4-18(21)5-7-19/h4-8,12-13,15H,3,9-11,14H2,1-2H3,(H,23,26)/t15-/m0/s1. The smallest absolute Gasteiger partial charge is 0.234 e. The third kappa shape index (κ3) is 4.58. The fraction of sp³-hybridized carbons (Fsp3) is 0.400. The molecule has 0 saturated heterocycles. The summed E-state index contributed by atoms with van der Waals surface area (Å²) in [6, 6.07) is 6.49. The van der Waals surface area contributed by atoms with Gasteiger partial charge in [-0.05, 0) is 49.6 Å². The number of nitrogens with one attached hydrogen (secondary N) is 1. The van der Waals surface area contributed by atoms with Gasteiger partial charge in [-0.25, -0.2) is 9.07 Å². The summed E-state index contributed by atoms with van der Waals surface area (Å²) in [6.07, 6.45) is 7.77. The average molecular weight is 356 g/mol. The highest BCUT2D eigenvalue weighted by Gasteiger charge is 2.17. The van der Waals surface area contributed by atoms with Gasteiger partial charge in [0.05, 0.1) is 18.4 Å². The maximum atomic E-state index is 13.0. The molecule has 26 heavy (non-hydrogen) atoms. The Balaban J connectivity index is 1.59. The van der Waals surface area contributed by atoms with Crippen molar-refractivity contribution in [3.05, 3.63) is 54.1 Å². The van der Waals surface area contributed by atoms with E-state index in [4.69, 9.17) is 0 Å². The van der Waals surface area contributed by atoms with Gasteiger partial charge in [-0.3, -0.25) is 9.69 Å². The summed E-state index contributed by atoms with van der Waals surface area (Å²) in [7, 11) is 0. The van der Waals surface area contributed by atoms with E-state index in [-0.39, 0.29) is 17.8 Å². The first-order chi connectivity index (χ1) is 12.5. The van der Waals surface area contributed by atoms with E-state index in [1.165, 1.54) is 17.7 Å². The van der Waals surface area contributed by atoms with Gasteiger partial charge in [0.1, 0.15) is 5.82 Å². The van der Waals surface area contributed by atoms with Gasteiger partial charge >= 0.3 is 0 Å². The van der Waals surface area contributed by atoms with E-state index in [9.17, 15) is 9.18 Å². The van der Waals surface area contributed by atoms with Gasteiger partial charge in [-0.1, -0.05) is 13.0 Å². The van der Waals surface area contributed by atoms with Crippen molar-refractivity contribution in [2.45, 2.75) is 32.7 Å². The summed E-state index contributed by atoms with van der Waals surface area (Å²) >= 11 is 0. The van der Waals surface area contributed by atoms with E-state index in [0.29, 0.717) is 6.54 Å². The Morgan fingerprint density at radius 3 is 2.77 bits per heavy atom. The SMILES string of the molecule is CC[C@H](C)NC(=O)CN1CC=C(c2cnn(-c3ccc(F)cc3)c2)CC1. The Kier molecular flexibility index (Phi) is 5.83. The summed E-state index contributed by atoms with van der Waals surface area (Å²) in [5, 5.41) is 7.38. The van der Waals surface area contributed by atoms with E-state index in [2.05, 4.69) is 28.3 Å². The third-order valence-electron chi connectivity index (χ3n) is 4.72. The maximum absolute atomic E-state index is 13.0. The Hall–Kier alpha value is -2.47. The number of hydrogen-bond donors (Lipinski definition) is 1. The third-order valence-corrected chi connectivity index (χ3v) is 4.72. The molecule has 3 rings (SSSR count). The van der Waals surface area contributed by atoms with Gasteiger partial charge < -0.3 is 5.32 Å². The zero-order chi connectivity index (χ0) is 18.5. The second-order valence-electron chi connectivity index (χ2n) is 6.74. The summed E-state index contributed by atoms with van der Waals surface area (Å²) in [4.78, 5) is 14.1. The van der Waals surface area contributed by atoms with Crippen molar-refractivity contribution >= 4 is 11.5 Å². The molecule has 0 saturated carbocycles. The molecule has 0 radical (unpaired) electrons. The van der Waals surface area contributed by atoms with Crippen molar-refractivity contribution in [2.75, 3.05) is 19.6 Å². The molecule has 0 aliphatic carbocycles. The van der Waals surface area contributed by atoms with Crippen LogP contribution in [0.15, 0.2) is 42.7 Å². The fourth-order valence-electron chi connectivity index (χ4n) is 2.97. The first kappa shape index (κ1) is 18.3. The van der Waals surface area contributed by atoms with Crippen molar-refractivity contribution in [2.24, 2.45) is 0 Å². The highest BCUT2D eigenvalue weighted by Crippen LogP contribution is 2.22. The Morgan fingerprint density at radius 2 is 2.12 bits per heavy atom. The van der Waals surface area contributed by atoms with Crippen LogP contribution in [0, 0.1) is 5.82 Å². The monoisotopic (exact) mass is 356 g/mol. The minimum Gasteiger partial charge on any atom is -0.353 e. The number of nitrogens with zero attached hydrogens (tertiary/aromatic N) is 3. The minimum absolute atomic E-state index is 0.0836. The van der Waals surface area contributed by atoms with E-state index in [0.717, 1.165) is 37.2 Å². The van der Waals surface area contributed by atoms with Crippen LogP contribution in [-0.2, 0) is 4.79 Å². The van der Waals surface area contributed by atoms with Crippen molar-refractivity contribution in [1.82, 2.24) is 20.0 Å². The zero-order valence-corrected chi connectivity index (χ0v) is 15.3. The molecule has 1 aliphatic rings. The molecule has 2 aromatic rings. The predicted molar refractivity (Wildman–Crippen MR) is 100 cm³/mol. The molecular weight excluding hydrogens is 331 g/mol.